The van der Waals surface area contributed by atoms with Crippen LogP contribution < -0.4 is 10.5 Å². The molecule has 0 radical (unpaired) electrons. The summed E-state index contributed by atoms with van der Waals surface area (Å²) < 4.78 is 18.9. The molecular formula is C13H18FNO3. The van der Waals surface area contributed by atoms with Gasteiger partial charge in [0.15, 0.2) is 17.7 Å². The van der Waals surface area contributed by atoms with E-state index in [1.54, 1.807) is 13.0 Å². The molecule has 0 bridgehead atoms. The van der Waals surface area contributed by atoms with Crippen molar-refractivity contribution in [1.82, 2.24) is 0 Å². The molecule has 4 nitrogen and oxygen atoms in total. The molecule has 0 aliphatic heterocycles. The molecular weight excluding hydrogens is 237 g/mol. The summed E-state index contributed by atoms with van der Waals surface area (Å²) in [6, 6.07) is 4.04. The highest BCUT2D eigenvalue weighted by atomic mass is 19.1. The number of benzene rings is 1. The Kier molecular flexibility index (Phi) is 5.09. The molecule has 0 aliphatic rings. The fourth-order valence-electron chi connectivity index (χ4n) is 1.54. The lowest BCUT2D eigenvalue weighted by atomic mass is 10.1. The molecule has 1 rings (SSSR count). The molecule has 1 unspecified atom stereocenters. The first-order valence-corrected chi connectivity index (χ1v) is 5.90. The van der Waals surface area contributed by atoms with E-state index in [9.17, 15) is 9.18 Å². The van der Waals surface area contributed by atoms with Crippen LogP contribution >= 0.6 is 0 Å². The maximum atomic E-state index is 13.7. The van der Waals surface area contributed by atoms with Crippen LogP contribution in [0.1, 0.15) is 38.3 Å². The third-order valence-corrected chi connectivity index (χ3v) is 2.58. The third-order valence-electron chi connectivity index (χ3n) is 2.58. The van der Waals surface area contributed by atoms with Crippen molar-refractivity contribution in [3.8, 4) is 5.75 Å². The number of hydrogen-bond acceptors (Lipinski definition) is 3. The van der Waals surface area contributed by atoms with Crippen molar-refractivity contribution in [3.05, 3.63) is 29.6 Å². The van der Waals surface area contributed by atoms with Gasteiger partial charge in [-0.3, -0.25) is 0 Å². The Morgan fingerprint density at radius 1 is 1.56 bits per heavy atom. The van der Waals surface area contributed by atoms with Gasteiger partial charge in [0.2, 0.25) is 0 Å². The first kappa shape index (κ1) is 14.4. The van der Waals surface area contributed by atoms with Gasteiger partial charge < -0.3 is 15.6 Å². The number of aliphatic carboxylic acids is 1. The van der Waals surface area contributed by atoms with Crippen LogP contribution in [0.3, 0.4) is 0 Å². The van der Waals surface area contributed by atoms with Gasteiger partial charge >= 0.3 is 5.97 Å². The molecule has 5 heteroatoms. The monoisotopic (exact) mass is 255 g/mol. The summed E-state index contributed by atoms with van der Waals surface area (Å²) in [6.07, 6.45) is -0.0361. The number of carbonyl (C=O) groups is 1. The number of carboxylic acids is 1. The molecule has 3 N–H and O–H groups in total. The molecule has 0 aliphatic carbocycles. The fraction of sp³-hybridized carbons (Fsp3) is 0.462. The van der Waals surface area contributed by atoms with Crippen LogP contribution in [-0.2, 0) is 4.79 Å². The normalized spacial score (nSPS) is 14.0. The maximum absolute atomic E-state index is 13.7. The minimum Gasteiger partial charge on any atom is -0.479 e. The van der Waals surface area contributed by atoms with E-state index < -0.39 is 17.9 Å². The van der Waals surface area contributed by atoms with Gasteiger partial charge in [-0.15, -0.1) is 0 Å². The van der Waals surface area contributed by atoms with Crippen LogP contribution in [0.5, 0.6) is 5.75 Å². The molecule has 0 amide bonds. The van der Waals surface area contributed by atoms with Gasteiger partial charge in [0.1, 0.15) is 0 Å². The average Bonchev–Trinajstić information content (AvgIpc) is 2.30. The average molecular weight is 255 g/mol. The number of rotatable bonds is 6. The minimum atomic E-state index is -1.09. The number of carboxylic acid groups (broad SMARTS) is 1. The molecule has 1 aromatic carbocycles. The molecule has 100 valence electrons. The summed E-state index contributed by atoms with van der Waals surface area (Å²) in [5, 5.41) is 8.93. The van der Waals surface area contributed by atoms with E-state index in [4.69, 9.17) is 15.6 Å². The van der Waals surface area contributed by atoms with Crippen molar-refractivity contribution >= 4 is 5.97 Å². The second-order valence-electron chi connectivity index (χ2n) is 4.21. The van der Waals surface area contributed by atoms with Crippen molar-refractivity contribution in [3.63, 3.8) is 0 Å². The van der Waals surface area contributed by atoms with E-state index in [0.29, 0.717) is 18.4 Å². The first-order chi connectivity index (χ1) is 8.45. The van der Waals surface area contributed by atoms with E-state index in [-0.39, 0.29) is 11.8 Å². The van der Waals surface area contributed by atoms with E-state index >= 15 is 0 Å². The highest BCUT2D eigenvalue weighted by Crippen LogP contribution is 2.23. The Bertz CT molecular complexity index is 421. The SMILES string of the molecule is CCCC(Oc1ccc([C@@H](C)N)cc1F)C(=O)O. The molecule has 0 heterocycles. The van der Waals surface area contributed by atoms with Crippen LogP contribution in [0, 0.1) is 5.82 Å². The van der Waals surface area contributed by atoms with E-state index in [2.05, 4.69) is 0 Å². The number of hydrogen-bond donors (Lipinski definition) is 2. The zero-order valence-corrected chi connectivity index (χ0v) is 10.5. The van der Waals surface area contributed by atoms with Crippen LogP contribution in [0.25, 0.3) is 0 Å². The predicted octanol–water partition coefficient (Wildman–Crippen LogP) is 2.48. The van der Waals surface area contributed by atoms with Crippen LogP contribution in [0.15, 0.2) is 18.2 Å². The lowest BCUT2D eigenvalue weighted by molar-refractivity contribution is -0.145. The summed E-state index contributed by atoms with van der Waals surface area (Å²) in [5.41, 5.74) is 6.27. The summed E-state index contributed by atoms with van der Waals surface area (Å²) >= 11 is 0. The van der Waals surface area contributed by atoms with Crippen molar-refractivity contribution < 1.29 is 19.0 Å². The van der Waals surface area contributed by atoms with Crippen molar-refractivity contribution in [2.24, 2.45) is 5.73 Å². The van der Waals surface area contributed by atoms with Gasteiger partial charge in [0, 0.05) is 6.04 Å². The highest BCUT2D eigenvalue weighted by Gasteiger charge is 2.20. The standard InChI is InChI=1S/C13H18FNO3/c1-3-4-12(13(16)17)18-11-6-5-9(8(2)15)7-10(11)14/h5-8,12H,3-4,15H2,1-2H3,(H,16,17)/t8-,12?/m1/s1. The zero-order chi connectivity index (χ0) is 13.7. The van der Waals surface area contributed by atoms with Crippen LogP contribution in [0.4, 0.5) is 4.39 Å². The van der Waals surface area contributed by atoms with E-state index in [1.165, 1.54) is 12.1 Å². The predicted molar refractivity (Wildman–Crippen MR) is 66.0 cm³/mol. The quantitative estimate of drug-likeness (QED) is 0.819. The van der Waals surface area contributed by atoms with Crippen molar-refractivity contribution in [2.75, 3.05) is 0 Å². The Labute approximate surface area is 106 Å². The summed E-state index contributed by atoms with van der Waals surface area (Å²) in [5.74, 6) is -1.74. The Morgan fingerprint density at radius 2 is 2.22 bits per heavy atom. The minimum absolute atomic E-state index is 0.0553. The fourth-order valence-corrected chi connectivity index (χ4v) is 1.54. The molecule has 0 spiro atoms. The largest absolute Gasteiger partial charge is 0.479 e. The molecule has 0 fully saturated rings. The second-order valence-corrected chi connectivity index (χ2v) is 4.21. The Balaban J connectivity index is 2.86. The number of nitrogens with two attached hydrogens (primary N) is 1. The summed E-state index contributed by atoms with van der Waals surface area (Å²) in [6.45, 7) is 3.58. The maximum Gasteiger partial charge on any atom is 0.344 e. The van der Waals surface area contributed by atoms with Crippen molar-refractivity contribution in [1.29, 1.82) is 0 Å². The van der Waals surface area contributed by atoms with Crippen LogP contribution in [0.2, 0.25) is 0 Å². The molecule has 1 aromatic rings. The molecule has 2 atom stereocenters. The highest BCUT2D eigenvalue weighted by molar-refractivity contribution is 5.72. The summed E-state index contributed by atoms with van der Waals surface area (Å²) in [7, 11) is 0. The van der Waals surface area contributed by atoms with E-state index in [0.717, 1.165) is 0 Å². The lowest BCUT2D eigenvalue weighted by Gasteiger charge is -2.15. The molecule has 18 heavy (non-hydrogen) atoms. The van der Waals surface area contributed by atoms with Gasteiger partial charge in [0.25, 0.3) is 0 Å². The van der Waals surface area contributed by atoms with Gasteiger partial charge in [-0.1, -0.05) is 19.4 Å². The van der Waals surface area contributed by atoms with Gasteiger partial charge in [-0.05, 0) is 31.0 Å². The zero-order valence-electron chi connectivity index (χ0n) is 10.5. The second kappa shape index (κ2) is 6.35. The lowest BCUT2D eigenvalue weighted by Crippen LogP contribution is -2.27. The Hall–Kier alpha value is -1.62. The van der Waals surface area contributed by atoms with E-state index in [1.807, 2.05) is 6.92 Å². The summed E-state index contributed by atoms with van der Waals surface area (Å²) in [4.78, 5) is 10.9. The molecule has 0 aromatic heterocycles. The Morgan fingerprint density at radius 3 is 2.67 bits per heavy atom. The van der Waals surface area contributed by atoms with Crippen molar-refractivity contribution in [2.45, 2.75) is 38.8 Å². The van der Waals surface area contributed by atoms with Crippen LogP contribution in [-0.4, -0.2) is 17.2 Å². The first-order valence-electron chi connectivity index (χ1n) is 5.90. The third kappa shape index (κ3) is 3.70. The van der Waals surface area contributed by atoms with Gasteiger partial charge in [-0.25, -0.2) is 9.18 Å². The smallest absolute Gasteiger partial charge is 0.344 e. The number of halogens is 1. The van der Waals surface area contributed by atoms with Gasteiger partial charge in [0.05, 0.1) is 0 Å². The molecule has 0 saturated heterocycles. The van der Waals surface area contributed by atoms with Gasteiger partial charge in [-0.2, -0.15) is 0 Å². The molecule has 0 saturated carbocycles. The number of ether oxygens (including phenoxy) is 1. The topological polar surface area (TPSA) is 72.5 Å².